The van der Waals surface area contributed by atoms with E-state index in [1.807, 2.05) is 0 Å². The molecular formula is C15H28N4S. The van der Waals surface area contributed by atoms with E-state index >= 15 is 0 Å². The Morgan fingerprint density at radius 2 is 2.10 bits per heavy atom. The molecule has 20 heavy (non-hydrogen) atoms. The second-order valence-electron chi connectivity index (χ2n) is 6.22. The van der Waals surface area contributed by atoms with Gasteiger partial charge in [-0.05, 0) is 27.7 Å². The first kappa shape index (κ1) is 17.0. The molecule has 114 valence electrons. The molecule has 1 aromatic heterocycles. The Kier molecular flexibility index (Phi) is 6.46. The maximum absolute atomic E-state index is 4.64. The van der Waals surface area contributed by atoms with Gasteiger partial charge in [-0.2, -0.15) is 0 Å². The summed E-state index contributed by atoms with van der Waals surface area (Å²) in [6.07, 6.45) is 0.893. The minimum Gasteiger partial charge on any atom is -0.357 e. The fourth-order valence-corrected chi connectivity index (χ4v) is 2.52. The Hall–Kier alpha value is -1.10. The summed E-state index contributed by atoms with van der Waals surface area (Å²) in [5.41, 5.74) is 1.17. The van der Waals surface area contributed by atoms with Crippen LogP contribution in [0.1, 0.15) is 58.2 Å². The topological polar surface area (TPSA) is 49.3 Å². The van der Waals surface area contributed by atoms with Gasteiger partial charge in [-0.25, -0.2) is 4.98 Å². The van der Waals surface area contributed by atoms with Crippen molar-refractivity contribution >= 4 is 17.3 Å². The average Bonchev–Trinajstić information content (AvgIpc) is 2.76. The molecule has 0 bridgehead atoms. The molecule has 1 heterocycles. The summed E-state index contributed by atoms with van der Waals surface area (Å²) in [6.45, 7) is 14.5. The summed E-state index contributed by atoms with van der Waals surface area (Å²) >= 11 is 1.75. The molecule has 5 heteroatoms. The molecule has 0 aliphatic carbocycles. The van der Waals surface area contributed by atoms with Gasteiger partial charge in [-0.1, -0.05) is 13.8 Å². The summed E-state index contributed by atoms with van der Waals surface area (Å²) in [4.78, 5) is 9.24. The number of aromatic nitrogens is 1. The molecule has 1 aromatic rings. The SMILES string of the molecule is CCNC(=NCCc1csc(C(C)C)n1)NC(C)(C)C. The minimum absolute atomic E-state index is 0.0203. The highest BCUT2D eigenvalue weighted by Gasteiger charge is 2.11. The second kappa shape index (κ2) is 7.62. The van der Waals surface area contributed by atoms with Gasteiger partial charge in [0.2, 0.25) is 0 Å². The standard InChI is InChI=1S/C15H28N4S/c1-7-16-14(19-15(4,5)6)17-9-8-12-10-20-13(18-12)11(2)3/h10-11H,7-9H2,1-6H3,(H2,16,17,19). The fraction of sp³-hybridized carbons (Fsp3) is 0.733. The van der Waals surface area contributed by atoms with Crippen molar-refractivity contribution in [3.8, 4) is 0 Å². The van der Waals surface area contributed by atoms with Crippen LogP contribution in [0, 0.1) is 0 Å². The van der Waals surface area contributed by atoms with Crippen LogP contribution in [0.3, 0.4) is 0 Å². The lowest BCUT2D eigenvalue weighted by atomic mass is 10.1. The number of rotatable bonds is 5. The smallest absolute Gasteiger partial charge is 0.191 e. The molecule has 0 fully saturated rings. The third-order valence-electron chi connectivity index (χ3n) is 2.54. The highest BCUT2D eigenvalue weighted by Crippen LogP contribution is 2.19. The predicted molar refractivity (Wildman–Crippen MR) is 88.8 cm³/mol. The highest BCUT2D eigenvalue weighted by atomic mass is 32.1. The van der Waals surface area contributed by atoms with Crippen LogP contribution in [0.5, 0.6) is 0 Å². The molecule has 0 radical (unpaired) electrons. The number of guanidine groups is 1. The summed E-state index contributed by atoms with van der Waals surface area (Å²) < 4.78 is 0. The molecule has 4 nitrogen and oxygen atoms in total. The maximum atomic E-state index is 4.64. The van der Waals surface area contributed by atoms with E-state index in [1.54, 1.807) is 11.3 Å². The van der Waals surface area contributed by atoms with Crippen molar-refractivity contribution < 1.29 is 0 Å². The normalized spacial score (nSPS) is 12.8. The van der Waals surface area contributed by atoms with Gasteiger partial charge in [0.25, 0.3) is 0 Å². The van der Waals surface area contributed by atoms with Crippen molar-refractivity contribution in [1.29, 1.82) is 0 Å². The van der Waals surface area contributed by atoms with Crippen molar-refractivity contribution in [3.63, 3.8) is 0 Å². The summed E-state index contributed by atoms with van der Waals surface area (Å²) in [5, 5.41) is 10.0. The fourth-order valence-electron chi connectivity index (χ4n) is 1.65. The minimum atomic E-state index is 0.0203. The van der Waals surface area contributed by atoms with Crippen LogP contribution in [-0.4, -0.2) is 29.6 Å². The van der Waals surface area contributed by atoms with E-state index in [9.17, 15) is 0 Å². The summed E-state index contributed by atoms with van der Waals surface area (Å²) in [7, 11) is 0. The van der Waals surface area contributed by atoms with Crippen molar-refractivity contribution in [3.05, 3.63) is 16.1 Å². The van der Waals surface area contributed by atoms with E-state index in [1.165, 1.54) is 5.01 Å². The summed E-state index contributed by atoms with van der Waals surface area (Å²) in [6, 6.07) is 0. The van der Waals surface area contributed by atoms with Crippen LogP contribution < -0.4 is 10.6 Å². The number of aliphatic imine (C=N–C) groups is 1. The molecule has 0 saturated carbocycles. The van der Waals surface area contributed by atoms with Gasteiger partial charge in [0.15, 0.2) is 5.96 Å². The van der Waals surface area contributed by atoms with Crippen LogP contribution >= 0.6 is 11.3 Å². The Morgan fingerprint density at radius 1 is 1.40 bits per heavy atom. The molecule has 0 atom stereocenters. The first-order valence-electron chi connectivity index (χ1n) is 7.32. The van der Waals surface area contributed by atoms with Crippen molar-refractivity contribution in [2.24, 2.45) is 4.99 Å². The molecule has 0 spiro atoms. The van der Waals surface area contributed by atoms with Crippen LogP contribution in [0.2, 0.25) is 0 Å². The van der Waals surface area contributed by atoms with Crippen LogP contribution in [0.4, 0.5) is 0 Å². The molecule has 1 rings (SSSR count). The van der Waals surface area contributed by atoms with Crippen LogP contribution in [0.25, 0.3) is 0 Å². The van der Waals surface area contributed by atoms with Crippen LogP contribution in [0.15, 0.2) is 10.4 Å². The van der Waals surface area contributed by atoms with Gasteiger partial charge >= 0.3 is 0 Å². The van der Waals surface area contributed by atoms with E-state index in [4.69, 9.17) is 0 Å². The van der Waals surface area contributed by atoms with Crippen LogP contribution in [-0.2, 0) is 6.42 Å². The quantitative estimate of drug-likeness (QED) is 0.648. The lowest BCUT2D eigenvalue weighted by Gasteiger charge is -2.23. The van der Waals surface area contributed by atoms with E-state index < -0.39 is 0 Å². The third-order valence-corrected chi connectivity index (χ3v) is 3.73. The van der Waals surface area contributed by atoms with Gasteiger partial charge in [-0.15, -0.1) is 11.3 Å². The molecule has 0 aliphatic rings. The molecule has 0 amide bonds. The third kappa shape index (κ3) is 6.37. The molecule has 0 aliphatic heterocycles. The molecule has 0 unspecified atom stereocenters. The first-order valence-corrected chi connectivity index (χ1v) is 8.20. The Labute approximate surface area is 127 Å². The molecule has 0 aromatic carbocycles. The lowest BCUT2D eigenvalue weighted by molar-refractivity contribution is 0.501. The molecular weight excluding hydrogens is 268 g/mol. The number of nitrogens with zero attached hydrogens (tertiary/aromatic N) is 2. The Morgan fingerprint density at radius 3 is 2.60 bits per heavy atom. The van der Waals surface area contributed by atoms with Gasteiger partial charge in [0, 0.05) is 36.3 Å². The molecule has 0 saturated heterocycles. The zero-order valence-corrected chi connectivity index (χ0v) is 14.4. The van der Waals surface area contributed by atoms with Crippen molar-refractivity contribution in [1.82, 2.24) is 15.6 Å². The zero-order valence-electron chi connectivity index (χ0n) is 13.6. The van der Waals surface area contributed by atoms with E-state index in [-0.39, 0.29) is 5.54 Å². The van der Waals surface area contributed by atoms with E-state index in [2.05, 4.69) is 67.5 Å². The second-order valence-corrected chi connectivity index (χ2v) is 7.11. The zero-order chi connectivity index (χ0) is 15.2. The van der Waals surface area contributed by atoms with Gasteiger partial charge in [0.05, 0.1) is 10.7 Å². The first-order chi connectivity index (χ1) is 9.31. The number of hydrogen-bond donors (Lipinski definition) is 2. The van der Waals surface area contributed by atoms with E-state index in [0.29, 0.717) is 5.92 Å². The molecule has 2 N–H and O–H groups in total. The highest BCUT2D eigenvalue weighted by molar-refractivity contribution is 7.09. The number of thiazole rings is 1. The number of nitrogens with one attached hydrogen (secondary N) is 2. The van der Waals surface area contributed by atoms with Gasteiger partial charge in [0.1, 0.15) is 0 Å². The Bertz CT molecular complexity index is 429. The largest absolute Gasteiger partial charge is 0.357 e. The predicted octanol–water partition coefficient (Wildman–Crippen LogP) is 3.16. The lowest BCUT2D eigenvalue weighted by Crippen LogP contribution is -2.47. The monoisotopic (exact) mass is 296 g/mol. The van der Waals surface area contributed by atoms with E-state index in [0.717, 1.165) is 31.2 Å². The number of hydrogen-bond acceptors (Lipinski definition) is 3. The summed E-state index contributed by atoms with van der Waals surface area (Å²) in [5.74, 6) is 1.39. The average molecular weight is 296 g/mol. The van der Waals surface area contributed by atoms with Gasteiger partial charge < -0.3 is 10.6 Å². The van der Waals surface area contributed by atoms with Crippen molar-refractivity contribution in [2.45, 2.75) is 59.4 Å². The Balaban J connectivity index is 2.54. The van der Waals surface area contributed by atoms with Gasteiger partial charge in [-0.3, -0.25) is 4.99 Å². The van der Waals surface area contributed by atoms with Crippen molar-refractivity contribution in [2.75, 3.05) is 13.1 Å². The maximum Gasteiger partial charge on any atom is 0.191 e.